The van der Waals surface area contributed by atoms with Gasteiger partial charge in [0.25, 0.3) is 0 Å². The van der Waals surface area contributed by atoms with Crippen LogP contribution in [0, 0.1) is 10.8 Å². The van der Waals surface area contributed by atoms with Gasteiger partial charge in [0.15, 0.2) is 11.9 Å². The van der Waals surface area contributed by atoms with Gasteiger partial charge < -0.3 is 27.0 Å². The molecular weight excluding hydrogens is 409 g/mol. The lowest BCUT2D eigenvalue weighted by atomic mass is 9.93. The van der Waals surface area contributed by atoms with Crippen LogP contribution in [0.2, 0.25) is 0 Å². The maximum Gasteiger partial charge on any atom is 0.190 e. The number of hydrogen-bond donors (Lipinski definition) is 6. The highest BCUT2D eigenvalue weighted by Gasteiger charge is 2.23. The van der Waals surface area contributed by atoms with E-state index in [1.54, 1.807) is 0 Å². The van der Waals surface area contributed by atoms with Gasteiger partial charge in [-0.3, -0.25) is 10.8 Å². The van der Waals surface area contributed by atoms with E-state index in [2.05, 4.69) is 39.8 Å². The van der Waals surface area contributed by atoms with Gasteiger partial charge >= 0.3 is 0 Å². The second-order valence-corrected chi connectivity index (χ2v) is 6.83. The summed E-state index contributed by atoms with van der Waals surface area (Å²) in [5, 5.41) is 20.4. The summed E-state index contributed by atoms with van der Waals surface area (Å²) < 4.78 is 0. The third-order valence-corrected chi connectivity index (χ3v) is 4.79. The Morgan fingerprint density at radius 3 is 1.45 bits per heavy atom. The molecule has 0 radical (unpaired) electrons. The molecule has 3 rings (SSSR count). The molecule has 9 heteroatoms. The molecule has 1 aliphatic carbocycles. The predicted octanol–water partition coefficient (Wildman–Crippen LogP) is 4.61. The molecule has 158 valence electrons. The lowest BCUT2D eigenvalue weighted by molar-refractivity contribution is 0.436. The summed E-state index contributed by atoms with van der Waals surface area (Å²) in [6, 6.07) is 16.5. The van der Waals surface area contributed by atoms with Crippen LogP contribution in [0.5, 0.6) is 0 Å². The van der Waals surface area contributed by atoms with Crippen LogP contribution < -0.4 is 27.0 Å². The molecule has 0 saturated heterocycles. The highest BCUT2D eigenvalue weighted by atomic mass is 35.5. The first-order valence-corrected chi connectivity index (χ1v) is 9.24. The van der Waals surface area contributed by atoms with Crippen LogP contribution in [-0.2, 0) is 0 Å². The van der Waals surface area contributed by atoms with Gasteiger partial charge in [0.2, 0.25) is 0 Å². The van der Waals surface area contributed by atoms with Crippen LogP contribution in [0.3, 0.4) is 0 Å². The first-order valence-electron chi connectivity index (χ1n) is 9.24. The fraction of sp³-hybridized carbons (Fsp3) is 0.300. The second kappa shape index (κ2) is 11.4. The summed E-state index contributed by atoms with van der Waals surface area (Å²) in [6.07, 6.45) is 6.12. The number of nitrogens with one attached hydrogen (secondary N) is 4. The SMILES string of the molecule is Cl.Cl.N=C(N)Nc1ccc(N(c2ccc(NC(=N)N)cc2)C2CCCCC2)cc1. The number of nitrogens with zero attached hydrogens (tertiary/aromatic N) is 1. The summed E-state index contributed by atoms with van der Waals surface area (Å²) >= 11 is 0. The van der Waals surface area contributed by atoms with E-state index in [0.29, 0.717) is 6.04 Å². The Labute approximate surface area is 184 Å². The number of guanidine groups is 2. The maximum atomic E-state index is 7.36. The molecule has 1 fully saturated rings. The van der Waals surface area contributed by atoms with Crippen LogP contribution in [0.4, 0.5) is 22.7 Å². The molecule has 0 unspecified atom stereocenters. The molecule has 0 spiro atoms. The van der Waals surface area contributed by atoms with E-state index >= 15 is 0 Å². The number of anilines is 4. The van der Waals surface area contributed by atoms with Gasteiger partial charge in [-0.25, -0.2) is 0 Å². The fourth-order valence-electron chi connectivity index (χ4n) is 3.63. The molecule has 0 aromatic heterocycles. The van der Waals surface area contributed by atoms with Crippen LogP contribution in [0.1, 0.15) is 32.1 Å². The van der Waals surface area contributed by atoms with Crippen molar-refractivity contribution in [3.8, 4) is 0 Å². The van der Waals surface area contributed by atoms with Crippen molar-refractivity contribution in [2.75, 3.05) is 15.5 Å². The Morgan fingerprint density at radius 2 is 1.10 bits per heavy atom. The summed E-state index contributed by atoms with van der Waals surface area (Å²) in [5.74, 6) is -0.138. The van der Waals surface area contributed by atoms with Gasteiger partial charge in [-0.15, -0.1) is 24.8 Å². The van der Waals surface area contributed by atoms with E-state index in [0.717, 1.165) is 22.7 Å². The average Bonchev–Trinajstić information content (AvgIpc) is 2.65. The zero-order valence-electron chi connectivity index (χ0n) is 16.2. The predicted molar refractivity (Wildman–Crippen MR) is 127 cm³/mol. The first-order chi connectivity index (χ1) is 13.0. The van der Waals surface area contributed by atoms with Crippen molar-refractivity contribution in [3.05, 3.63) is 48.5 Å². The van der Waals surface area contributed by atoms with E-state index in [9.17, 15) is 0 Å². The van der Waals surface area contributed by atoms with Gasteiger partial charge in [-0.05, 0) is 61.4 Å². The first kappa shape index (κ1) is 24.4. The second-order valence-electron chi connectivity index (χ2n) is 6.83. The molecular formula is C20H29Cl2N7. The molecule has 1 saturated carbocycles. The third kappa shape index (κ3) is 6.73. The van der Waals surface area contributed by atoms with Gasteiger partial charge in [-0.2, -0.15) is 0 Å². The zero-order valence-corrected chi connectivity index (χ0v) is 17.8. The van der Waals surface area contributed by atoms with Crippen LogP contribution in [0.15, 0.2) is 48.5 Å². The Morgan fingerprint density at radius 1 is 0.724 bits per heavy atom. The Kier molecular flexibility index (Phi) is 9.58. The molecule has 0 heterocycles. The van der Waals surface area contributed by atoms with Crippen molar-refractivity contribution in [1.29, 1.82) is 10.8 Å². The van der Waals surface area contributed by atoms with Crippen molar-refractivity contribution in [3.63, 3.8) is 0 Å². The van der Waals surface area contributed by atoms with Crippen molar-refractivity contribution in [1.82, 2.24) is 0 Å². The maximum absolute atomic E-state index is 7.36. The van der Waals surface area contributed by atoms with E-state index in [4.69, 9.17) is 22.3 Å². The average molecular weight is 438 g/mol. The smallest absolute Gasteiger partial charge is 0.190 e. The van der Waals surface area contributed by atoms with Crippen molar-refractivity contribution >= 4 is 59.5 Å². The summed E-state index contributed by atoms with van der Waals surface area (Å²) in [7, 11) is 0. The quantitative estimate of drug-likeness (QED) is 0.300. The largest absolute Gasteiger partial charge is 0.370 e. The molecule has 2 aromatic carbocycles. The molecule has 8 N–H and O–H groups in total. The lowest BCUT2D eigenvalue weighted by Crippen LogP contribution is -2.33. The van der Waals surface area contributed by atoms with Gasteiger partial charge in [0, 0.05) is 28.8 Å². The van der Waals surface area contributed by atoms with Gasteiger partial charge in [0.05, 0.1) is 0 Å². The van der Waals surface area contributed by atoms with Crippen LogP contribution >= 0.6 is 24.8 Å². The molecule has 0 atom stereocenters. The number of nitrogens with two attached hydrogens (primary N) is 2. The van der Waals surface area contributed by atoms with E-state index in [1.165, 1.54) is 32.1 Å². The number of benzene rings is 2. The number of hydrogen-bond acceptors (Lipinski definition) is 3. The number of halogens is 2. The molecule has 0 aliphatic heterocycles. The number of rotatable bonds is 5. The van der Waals surface area contributed by atoms with E-state index < -0.39 is 0 Å². The zero-order chi connectivity index (χ0) is 19.2. The standard InChI is InChI=1S/C20H27N7.2ClH/c21-19(22)25-14-6-10-17(11-7-14)27(16-4-2-1-3-5-16)18-12-8-15(9-13-18)26-20(23)24;;/h6-13,16H,1-5H2,(H4,21,22,25)(H4,23,24,26);2*1H. The minimum absolute atomic E-state index is 0. The van der Waals surface area contributed by atoms with Gasteiger partial charge in [-0.1, -0.05) is 19.3 Å². The van der Waals surface area contributed by atoms with Gasteiger partial charge in [0.1, 0.15) is 0 Å². The molecule has 2 aromatic rings. The fourth-order valence-corrected chi connectivity index (χ4v) is 3.63. The van der Waals surface area contributed by atoms with E-state index in [-0.39, 0.29) is 36.7 Å². The van der Waals surface area contributed by atoms with Crippen LogP contribution in [-0.4, -0.2) is 18.0 Å². The van der Waals surface area contributed by atoms with Crippen LogP contribution in [0.25, 0.3) is 0 Å². The molecule has 0 bridgehead atoms. The molecule has 7 nitrogen and oxygen atoms in total. The van der Waals surface area contributed by atoms with E-state index in [1.807, 2.05) is 24.3 Å². The normalized spacial score (nSPS) is 13.4. The molecule has 29 heavy (non-hydrogen) atoms. The Hall–Kier alpha value is -2.64. The topological polar surface area (TPSA) is 127 Å². The van der Waals surface area contributed by atoms with Crippen molar-refractivity contribution < 1.29 is 0 Å². The Bertz CT molecular complexity index is 728. The monoisotopic (exact) mass is 437 g/mol. The lowest BCUT2D eigenvalue weighted by Gasteiger charge is -2.36. The third-order valence-electron chi connectivity index (χ3n) is 4.79. The molecule has 1 aliphatic rings. The minimum Gasteiger partial charge on any atom is -0.370 e. The highest BCUT2D eigenvalue weighted by Crippen LogP contribution is 2.35. The summed E-state index contributed by atoms with van der Waals surface area (Å²) in [5.41, 5.74) is 14.7. The summed E-state index contributed by atoms with van der Waals surface area (Å²) in [4.78, 5) is 2.38. The summed E-state index contributed by atoms with van der Waals surface area (Å²) in [6.45, 7) is 0. The minimum atomic E-state index is -0.0690. The van der Waals surface area contributed by atoms with Crippen molar-refractivity contribution in [2.24, 2.45) is 11.5 Å². The van der Waals surface area contributed by atoms with Crippen molar-refractivity contribution in [2.45, 2.75) is 38.1 Å². The Balaban J connectivity index is 0.00000210. The highest BCUT2D eigenvalue weighted by molar-refractivity contribution is 5.90. The molecule has 0 amide bonds.